The molecule has 0 aliphatic heterocycles. The molecule has 0 bridgehead atoms. The van der Waals surface area contributed by atoms with Gasteiger partial charge in [-0.1, -0.05) is 19.3 Å². The van der Waals surface area contributed by atoms with Gasteiger partial charge in [0.15, 0.2) is 0 Å². The number of hydrogen-bond donors (Lipinski definition) is 0. The molecule has 16 heavy (non-hydrogen) atoms. The van der Waals surface area contributed by atoms with Crippen LogP contribution in [0, 0.1) is 5.92 Å². The Morgan fingerprint density at radius 2 is 1.62 bits per heavy atom. The third kappa shape index (κ3) is 3.51. The number of hydrazone groups is 1. The molecule has 0 unspecified atom stereocenters. The first-order valence-corrected chi connectivity index (χ1v) is 6.00. The average molecular weight is 225 g/mol. The Balaban J connectivity index is 2.81. The lowest BCUT2D eigenvalue weighted by atomic mass is 9.85. The van der Waals surface area contributed by atoms with Crippen molar-refractivity contribution in [1.82, 2.24) is 9.91 Å². The molecule has 1 aliphatic rings. The van der Waals surface area contributed by atoms with E-state index in [0.29, 0.717) is 5.92 Å². The van der Waals surface area contributed by atoms with Crippen LogP contribution in [0.4, 0.5) is 0 Å². The van der Waals surface area contributed by atoms with Gasteiger partial charge < -0.3 is 9.91 Å². The maximum Gasteiger partial charge on any atom is 0.269 e. The molecular formula is C12H23N3O. The zero-order valence-corrected chi connectivity index (χ0v) is 10.9. The van der Waals surface area contributed by atoms with Crippen LogP contribution in [0.15, 0.2) is 5.10 Å². The topological polar surface area (TPSA) is 35.9 Å². The fraction of sp³-hybridized carbons (Fsp3) is 0.833. The van der Waals surface area contributed by atoms with Crippen molar-refractivity contribution in [3.8, 4) is 0 Å². The number of amides is 1. The molecule has 0 radical (unpaired) electrons. The van der Waals surface area contributed by atoms with E-state index >= 15 is 0 Å². The summed E-state index contributed by atoms with van der Waals surface area (Å²) in [4.78, 5) is 13.7. The molecule has 0 N–H and O–H groups in total. The van der Waals surface area contributed by atoms with Gasteiger partial charge in [0.1, 0.15) is 5.71 Å². The second kappa shape index (κ2) is 5.87. The molecule has 0 saturated heterocycles. The summed E-state index contributed by atoms with van der Waals surface area (Å²) in [6, 6.07) is 0. The smallest absolute Gasteiger partial charge is 0.269 e. The van der Waals surface area contributed by atoms with E-state index < -0.39 is 0 Å². The first kappa shape index (κ1) is 13.0. The Hall–Kier alpha value is -1.06. The first-order chi connectivity index (χ1) is 7.52. The lowest BCUT2D eigenvalue weighted by Crippen LogP contribution is -2.36. The van der Waals surface area contributed by atoms with Gasteiger partial charge in [0.25, 0.3) is 5.91 Å². The third-order valence-corrected chi connectivity index (χ3v) is 2.92. The van der Waals surface area contributed by atoms with E-state index in [1.165, 1.54) is 19.3 Å². The average Bonchev–Trinajstić information content (AvgIpc) is 2.26. The van der Waals surface area contributed by atoms with Gasteiger partial charge >= 0.3 is 0 Å². The minimum atomic E-state index is 0.0561. The first-order valence-electron chi connectivity index (χ1n) is 6.00. The molecule has 4 nitrogen and oxygen atoms in total. The molecule has 4 heteroatoms. The van der Waals surface area contributed by atoms with Crippen LogP contribution in [-0.2, 0) is 4.79 Å². The van der Waals surface area contributed by atoms with Crippen LogP contribution in [0.25, 0.3) is 0 Å². The van der Waals surface area contributed by atoms with Gasteiger partial charge in [-0.25, -0.2) is 0 Å². The van der Waals surface area contributed by atoms with Crippen molar-refractivity contribution in [1.29, 1.82) is 0 Å². The van der Waals surface area contributed by atoms with Gasteiger partial charge in [-0.2, -0.15) is 5.10 Å². The Kier molecular flexibility index (Phi) is 4.77. The number of carbonyl (C=O) groups excluding carboxylic acids is 1. The SMILES string of the molecule is CN(C)/N=C(/C(=O)N(C)C)C1CCCCC1. The Morgan fingerprint density at radius 3 is 2.06 bits per heavy atom. The zero-order chi connectivity index (χ0) is 12.1. The summed E-state index contributed by atoms with van der Waals surface area (Å²) in [5, 5.41) is 6.11. The Bertz CT molecular complexity index is 265. The van der Waals surface area contributed by atoms with E-state index in [2.05, 4.69) is 5.10 Å². The third-order valence-electron chi connectivity index (χ3n) is 2.92. The van der Waals surface area contributed by atoms with Crippen molar-refractivity contribution in [2.45, 2.75) is 32.1 Å². The maximum atomic E-state index is 12.0. The van der Waals surface area contributed by atoms with Crippen molar-refractivity contribution in [3.05, 3.63) is 0 Å². The molecule has 1 rings (SSSR count). The fourth-order valence-electron chi connectivity index (χ4n) is 2.12. The van der Waals surface area contributed by atoms with Gasteiger partial charge in [-0.15, -0.1) is 0 Å². The normalized spacial score (nSPS) is 18.4. The van der Waals surface area contributed by atoms with Gasteiger partial charge in [-0.05, 0) is 12.8 Å². The Labute approximate surface area is 98.3 Å². The molecule has 1 saturated carbocycles. The lowest BCUT2D eigenvalue weighted by Gasteiger charge is -2.25. The van der Waals surface area contributed by atoms with Crippen LogP contribution in [0.2, 0.25) is 0 Å². The highest BCUT2D eigenvalue weighted by atomic mass is 16.2. The van der Waals surface area contributed by atoms with Crippen molar-refractivity contribution < 1.29 is 4.79 Å². The molecule has 0 spiro atoms. The van der Waals surface area contributed by atoms with E-state index in [9.17, 15) is 4.79 Å². The van der Waals surface area contributed by atoms with Crippen molar-refractivity contribution in [2.24, 2.45) is 11.0 Å². The van der Waals surface area contributed by atoms with Crippen LogP contribution < -0.4 is 0 Å². The molecule has 1 amide bonds. The van der Waals surface area contributed by atoms with Crippen LogP contribution in [-0.4, -0.2) is 49.7 Å². The van der Waals surface area contributed by atoms with Crippen LogP contribution in [0.1, 0.15) is 32.1 Å². The number of carbonyl (C=O) groups is 1. The van der Waals surface area contributed by atoms with Gasteiger partial charge in [0, 0.05) is 34.1 Å². The lowest BCUT2D eigenvalue weighted by molar-refractivity contribution is -0.122. The highest BCUT2D eigenvalue weighted by molar-refractivity contribution is 6.39. The van der Waals surface area contributed by atoms with Crippen LogP contribution in [0.3, 0.4) is 0 Å². The minimum Gasteiger partial charge on any atom is -0.344 e. The molecule has 1 fully saturated rings. The van der Waals surface area contributed by atoms with Gasteiger partial charge in [0.2, 0.25) is 0 Å². The number of hydrogen-bond acceptors (Lipinski definition) is 3. The highest BCUT2D eigenvalue weighted by Gasteiger charge is 2.26. The fourth-order valence-corrected chi connectivity index (χ4v) is 2.12. The highest BCUT2D eigenvalue weighted by Crippen LogP contribution is 2.25. The minimum absolute atomic E-state index is 0.0561. The number of nitrogens with zero attached hydrogens (tertiary/aromatic N) is 3. The summed E-state index contributed by atoms with van der Waals surface area (Å²) in [6.45, 7) is 0. The maximum absolute atomic E-state index is 12.0. The van der Waals surface area contributed by atoms with Crippen molar-refractivity contribution in [3.63, 3.8) is 0 Å². The molecular weight excluding hydrogens is 202 g/mol. The standard InChI is InChI=1S/C12H23N3O/c1-14(2)12(16)11(13-15(3)4)10-8-6-5-7-9-10/h10H,5-9H2,1-4H3/b13-11+. The van der Waals surface area contributed by atoms with Crippen LogP contribution in [0.5, 0.6) is 0 Å². The molecule has 0 aromatic heterocycles. The molecule has 0 heterocycles. The Morgan fingerprint density at radius 1 is 1.06 bits per heavy atom. The predicted octanol–water partition coefficient (Wildman–Crippen LogP) is 1.57. The van der Waals surface area contributed by atoms with E-state index in [4.69, 9.17) is 0 Å². The quantitative estimate of drug-likeness (QED) is 0.540. The van der Waals surface area contributed by atoms with E-state index in [0.717, 1.165) is 18.6 Å². The second-order valence-electron chi connectivity index (χ2n) is 4.87. The summed E-state index contributed by atoms with van der Waals surface area (Å²) in [7, 11) is 7.31. The van der Waals surface area contributed by atoms with Gasteiger partial charge in [-0.3, -0.25) is 4.79 Å². The molecule has 1 aliphatic carbocycles. The largest absolute Gasteiger partial charge is 0.344 e. The summed E-state index contributed by atoms with van der Waals surface area (Å²) < 4.78 is 0. The summed E-state index contributed by atoms with van der Waals surface area (Å²) in [5.74, 6) is 0.409. The molecule has 0 aromatic carbocycles. The molecule has 0 aromatic rings. The summed E-state index contributed by atoms with van der Waals surface area (Å²) >= 11 is 0. The van der Waals surface area contributed by atoms with E-state index in [1.54, 1.807) is 24.0 Å². The van der Waals surface area contributed by atoms with Crippen molar-refractivity contribution in [2.75, 3.05) is 28.2 Å². The van der Waals surface area contributed by atoms with Crippen molar-refractivity contribution >= 4 is 11.6 Å². The zero-order valence-electron chi connectivity index (χ0n) is 10.9. The van der Waals surface area contributed by atoms with E-state index in [1.807, 2.05) is 14.1 Å². The van der Waals surface area contributed by atoms with Crippen LogP contribution >= 0.6 is 0 Å². The molecule has 0 atom stereocenters. The second-order valence-corrected chi connectivity index (χ2v) is 4.87. The number of rotatable bonds is 3. The van der Waals surface area contributed by atoms with Gasteiger partial charge in [0.05, 0.1) is 0 Å². The predicted molar refractivity (Wildman–Crippen MR) is 66.4 cm³/mol. The summed E-state index contributed by atoms with van der Waals surface area (Å²) in [6.07, 6.45) is 5.94. The van der Waals surface area contributed by atoms with E-state index in [-0.39, 0.29) is 5.91 Å². The molecule has 92 valence electrons. The monoisotopic (exact) mass is 225 g/mol. The summed E-state index contributed by atoms with van der Waals surface area (Å²) in [5.41, 5.74) is 0.731.